The van der Waals surface area contributed by atoms with Crippen LogP contribution in [0.5, 0.6) is 5.75 Å². The number of hydrogen-bond donors (Lipinski definition) is 0. The summed E-state index contributed by atoms with van der Waals surface area (Å²) in [5, 5.41) is 14.6. The average molecular weight is 615 g/mol. The summed E-state index contributed by atoms with van der Waals surface area (Å²) in [4.78, 5) is 17.9. The first-order valence-electron chi connectivity index (χ1n) is 10.6. The van der Waals surface area contributed by atoms with Crippen LogP contribution in [0.1, 0.15) is 42.3 Å². The van der Waals surface area contributed by atoms with Gasteiger partial charge in [-0.25, -0.2) is 4.98 Å². The molecule has 4 aromatic rings. The van der Waals surface area contributed by atoms with Crippen LogP contribution in [-0.4, -0.2) is 15.9 Å². The molecule has 0 atom stereocenters. The van der Waals surface area contributed by atoms with E-state index in [9.17, 15) is 10.1 Å². The van der Waals surface area contributed by atoms with Gasteiger partial charge in [-0.1, -0.05) is 59.6 Å². The maximum Gasteiger partial charge on any atom is 0.282 e. The second-order valence-electron chi connectivity index (χ2n) is 8.02. The minimum Gasteiger partial charge on any atom is -0.486 e. The molecule has 0 fully saturated rings. The largest absolute Gasteiger partial charge is 0.486 e. The highest BCUT2D eigenvalue weighted by Gasteiger charge is 2.15. The molecule has 0 saturated carbocycles. The van der Waals surface area contributed by atoms with E-state index in [1.807, 2.05) is 38.1 Å². The first-order valence-corrected chi connectivity index (χ1v) is 12.6. The number of fused-ring (bicyclic) bond motifs is 1. The number of ether oxygens (including phenoxy) is 1. The van der Waals surface area contributed by atoms with Crippen LogP contribution < -0.4 is 10.3 Å². The summed E-state index contributed by atoms with van der Waals surface area (Å²) in [6, 6.07) is 18.3. The van der Waals surface area contributed by atoms with Crippen LogP contribution >= 0.6 is 43.5 Å². The van der Waals surface area contributed by atoms with E-state index in [1.165, 1.54) is 4.68 Å². The molecule has 9 heteroatoms. The van der Waals surface area contributed by atoms with Gasteiger partial charge in [0, 0.05) is 16.0 Å². The van der Waals surface area contributed by atoms with Crippen LogP contribution in [0.4, 0.5) is 0 Å². The number of nitrogens with zero attached hydrogens (tertiary/aromatic N) is 4. The molecule has 35 heavy (non-hydrogen) atoms. The Labute approximate surface area is 224 Å². The van der Waals surface area contributed by atoms with Crippen molar-refractivity contribution in [2.45, 2.75) is 26.4 Å². The number of benzene rings is 3. The molecular formula is C26H19Br2ClN4O2. The molecule has 0 aliphatic heterocycles. The van der Waals surface area contributed by atoms with Crippen LogP contribution in [0.3, 0.4) is 0 Å². The van der Waals surface area contributed by atoms with Crippen LogP contribution in [0.25, 0.3) is 10.9 Å². The van der Waals surface area contributed by atoms with Crippen LogP contribution in [0.2, 0.25) is 5.02 Å². The molecule has 6 nitrogen and oxygen atoms in total. The van der Waals surface area contributed by atoms with Crippen molar-refractivity contribution in [2.75, 3.05) is 0 Å². The third-order valence-electron chi connectivity index (χ3n) is 5.20. The molecule has 0 radical (unpaired) electrons. The van der Waals surface area contributed by atoms with Crippen molar-refractivity contribution in [3.05, 3.63) is 101 Å². The Morgan fingerprint density at radius 3 is 2.69 bits per heavy atom. The Kier molecular flexibility index (Phi) is 7.70. The lowest BCUT2D eigenvalue weighted by atomic mass is 10.1. The summed E-state index contributed by atoms with van der Waals surface area (Å²) in [5.41, 5.74) is 2.35. The fourth-order valence-corrected chi connectivity index (χ4v) is 4.82. The van der Waals surface area contributed by atoms with E-state index in [-0.39, 0.29) is 18.1 Å². The monoisotopic (exact) mass is 612 g/mol. The molecule has 1 aromatic heterocycles. The van der Waals surface area contributed by atoms with Gasteiger partial charge in [-0.05, 0) is 57.9 Å². The predicted molar refractivity (Wildman–Crippen MR) is 145 cm³/mol. The Morgan fingerprint density at radius 2 is 1.97 bits per heavy atom. The second-order valence-corrected chi connectivity index (χ2v) is 10.2. The topological polar surface area (TPSA) is 80.3 Å². The Hall–Kier alpha value is -2.99. The summed E-state index contributed by atoms with van der Waals surface area (Å²) >= 11 is 13.4. The summed E-state index contributed by atoms with van der Waals surface area (Å²) < 4.78 is 8.64. The van der Waals surface area contributed by atoms with E-state index in [4.69, 9.17) is 16.3 Å². The number of halogens is 3. The number of hydrogen-bond acceptors (Lipinski definition) is 5. The Morgan fingerprint density at radius 1 is 1.20 bits per heavy atom. The van der Waals surface area contributed by atoms with E-state index in [0.717, 1.165) is 10.0 Å². The van der Waals surface area contributed by atoms with Crippen LogP contribution in [0, 0.1) is 11.3 Å². The predicted octanol–water partition coefficient (Wildman–Crippen LogP) is 7.03. The van der Waals surface area contributed by atoms with E-state index < -0.39 is 0 Å². The maximum atomic E-state index is 13.2. The molecule has 0 N–H and O–H groups in total. The lowest BCUT2D eigenvalue weighted by Crippen LogP contribution is -2.23. The van der Waals surface area contributed by atoms with Gasteiger partial charge in [0.25, 0.3) is 5.56 Å². The minimum absolute atomic E-state index is 0.0183. The van der Waals surface area contributed by atoms with Crippen molar-refractivity contribution in [3.63, 3.8) is 0 Å². The zero-order valence-electron chi connectivity index (χ0n) is 18.8. The maximum absolute atomic E-state index is 13.2. The molecule has 0 aliphatic carbocycles. The third-order valence-corrected chi connectivity index (χ3v) is 6.57. The normalized spacial score (nSPS) is 11.3. The molecule has 0 spiro atoms. The molecule has 176 valence electrons. The van der Waals surface area contributed by atoms with E-state index in [0.29, 0.717) is 43.1 Å². The molecule has 4 rings (SSSR count). The molecule has 0 bridgehead atoms. The lowest BCUT2D eigenvalue weighted by Gasteiger charge is -2.13. The first-order chi connectivity index (χ1) is 16.8. The van der Waals surface area contributed by atoms with Crippen LogP contribution in [0.15, 0.2) is 73.4 Å². The zero-order valence-corrected chi connectivity index (χ0v) is 22.7. The molecular weight excluding hydrogens is 596 g/mol. The summed E-state index contributed by atoms with van der Waals surface area (Å²) in [6.45, 7) is 4.12. The van der Waals surface area contributed by atoms with Gasteiger partial charge in [-0.3, -0.25) is 4.79 Å². The van der Waals surface area contributed by atoms with Gasteiger partial charge in [0.1, 0.15) is 12.4 Å². The van der Waals surface area contributed by atoms with Gasteiger partial charge in [0.15, 0.2) is 5.75 Å². The van der Waals surface area contributed by atoms with Gasteiger partial charge < -0.3 is 4.74 Å². The lowest BCUT2D eigenvalue weighted by molar-refractivity contribution is 0.304. The molecule has 0 unspecified atom stereocenters. The molecule has 0 aliphatic rings. The van der Waals surface area contributed by atoms with E-state index in [1.54, 1.807) is 36.5 Å². The quantitative estimate of drug-likeness (QED) is 0.219. The minimum atomic E-state index is -0.252. The fraction of sp³-hybridized carbons (Fsp3) is 0.154. The zero-order chi connectivity index (χ0) is 25.1. The van der Waals surface area contributed by atoms with Crippen molar-refractivity contribution in [3.8, 4) is 11.8 Å². The highest BCUT2D eigenvalue weighted by molar-refractivity contribution is 9.10. The van der Waals surface area contributed by atoms with Gasteiger partial charge in [0.05, 0.1) is 38.2 Å². The van der Waals surface area contributed by atoms with E-state index >= 15 is 0 Å². The second kappa shape index (κ2) is 10.7. The SMILES string of the molecule is CC(C)c1nc2ccc(Br)cc2c(=O)n1N=Cc1cc(Cl)c(OCc2ccccc2C#N)c(Br)c1. The van der Waals surface area contributed by atoms with Crippen molar-refractivity contribution >= 4 is 60.6 Å². The average Bonchev–Trinajstić information content (AvgIpc) is 2.83. The van der Waals surface area contributed by atoms with Gasteiger partial charge in [-0.15, -0.1) is 0 Å². The molecule has 0 amide bonds. The van der Waals surface area contributed by atoms with Crippen molar-refractivity contribution < 1.29 is 4.74 Å². The van der Waals surface area contributed by atoms with E-state index in [2.05, 4.69) is 48.0 Å². The van der Waals surface area contributed by atoms with Crippen molar-refractivity contribution in [2.24, 2.45) is 5.10 Å². The number of aromatic nitrogens is 2. The fourth-order valence-electron chi connectivity index (χ4n) is 3.47. The van der Waals surface area contributed by atoms with Gasteiger partial charge in [0.2, 0.25) is 0 Å². The van der Waals surface area contributed by atoms with Crippen LogP contribution in [-0.2, 0) is 6.61 Å². The first kappa shape index (κ1) is 25.1. The highest BCUT2D eigenvalue weighted by Crippen LogP contribution is 2.35. The Balaban J connectivity index is 1.66. The summed E-state index contributed by atoms with van der Waals surface area (Å²) in [5.74, 6) is 0.992. The Bertz CT molecular complexity index is 1530. The van der Waals surface area contributed by atoms with Crippen molar-refractivity contribution in [1.29, 1.82) is 5.26 Å². The molecule has 3 aromatic carbocycles. The standard InChI is InChI=1S/C26H19Br2ClN4O2/c1-15(2)25-32-23-8-7-19(27)11-20(23)26(34)33(25)31-13-16-9-21(28)24(22(29)10-16)35-14-18-6-4-3-5-17(18)12-30/h3-11,13,15H,14H2,1-2H3. The van der Waals surface area contributed by atoms with Gasteiger partial charge in [-0.2, -0.15) is 15.0 Å². The summed E-state index contributed by atoms with van der Waals surface area (Å²) in [7, 11) is 0. The summed E-state index contributed by atoms with van der Waals surface area (Å²) in [6.07, 6.45) is 1.56. The molecule has 0 saturated heterocycles. The van der Waals surface area contributed by atoms with Gasteiger partial charge >= 0.3 is 0 Å². The third kappa shape index (κ3) is 5.48. The molecule has 1 heterocycles. The van der Waals surface area contributed by atoms with Crippen molar-refractivity contribution in [1.82, 2.24) is 9.66 Å². The smallest absolute Gasteiger partial charge is 0.282 e. The number of rotatable bonds is 6. The highest BCUT2D eigenvalue weighted by atomic mass is 79.9. The number of nitriles is 1.